The van der Waals surface area contributed by atoms with Crippen molar-refractivity contribution in [2.45, 2.75) is 19.9 Å². The standard InChI is InChI=1S/C14H23NO3/c1-12(2)15-7-8-17-9-10-18-14-6-4-5-13(11-14)16-3/h4-6,11-12,15H,7-10H2,1-3H3. The summed E-state index contributed by atoms with van der Waals surface area (Å²) in [7, 11) is 1.64. The second-order valence-electron chi connectivity index (χ2n) is 4.25. The van der Waals surface area contributed by atoms with Crippen molar-refractivity contribution in [3.8, 4) is 11.5 Å². The Hall–Kier alpha value is -1.26. The molecule has 18 heavy (non-hydrogen) atoms. The number of nitrogens with one attached hydrogen (secondary N) is 1. The molecule has 0 spiro atoms. The zero-order valence-corrected chi connectivity index (χ0v) is 11.4. The lowest BCUT2D eigenvalue weighted by molar-refractivity contribution is 0.101. The Balaban J connectivity index is 2.06. The van der Waals surface area contributed by atoms with Crippen LogP contribution in [0.5, 0.6) is 11.5 Å². The summed E-state index contributed by atoms with van der Waals surface area (Å²) in [5.41, 5.74) is 0. The van der Waals surface area contributed by atoms with E-state index in [4.69, 9.17) is 14.2 Å². The van der Waals surface area contributed by atoms with Crippen molar-refractivity contribution in [3.63, 3.8) is 0 Å². The van der Waals surface area contributed by atoms with Crippen LogP contribution in [0.1, 0.15) is 13.8 Å². The van der Waals surface area contributed by atoms with E-state index in [-0.39, 0.29) is 0 Å². The van der Waals surface area contributed by atoms with Crippen molar-refractivity contribution in [1.29, 1.82) is 0 Å². The summed E-state index contributed by atoms with van der Waals surface area (Å²) < 4.78 is 16.1. The van der Waals surface area contributed by atoms with E-state index >= 15 is 0 Å². The molecule has 4 nitrogen and oxygen atoms in total. The minimum atomic E-state index is 0.502. The maximum absolute atomic E-state index is 5.55. The number of rotatable bonds is 9. The van der Waals surface area contributed by atoms with Crippen LogP contribution >= 0.6 is 0 Å². The molecule has 0 amide bonds. The second kappa shape index (κ2) is 8.78. The van der Waals surface area contributed by atoms with Gasteiger partial charge in [-0.3, -0.25) is 0 Å². The molecule has 1 N–H and O–H groups in total. The minimum Gasteiger partial charge on any atom is -0.497 e. The molecular weight excluding hydrogens is 230 g/mol. The summed E-state index contributed by atoms with van der Waals surface area (Å²) in [5, 5.41) is 3.29. The van der Waals surface area contributed by atoms with Crippen molar-refractivity contribution in [2.24, 2.45) is 0 Å². The monoisotopic (exact) mass is 253 g/mol. The Labute approximate surface area is 109 Å². The fourth-order valence-electron chi connectivity index (χ4n) is 1.43. The van der Waals surface area contributed by atoms with Gasteiger partial charge in [0.05, 0.1) is 20.3 Å². The number of hydrogen-bond acceptors (Lipinski definition) is 4. The molecule has 0 aliphatic heterocycles. The van der Waals surface area contributed by atoms with Gasteiger partial charge in [0.2, 0.25) is 0 Å². The van der Waals surface area contributed by atoms with Crippen LogP contribution < -0.4 is 14.8 Å². The van der Waals surface area contributed by atoms with Crippen LogP contribution in [0, 0.1) is 0 Å². The van der Waals surface area contributed by atoms with Gasteiger partial charge in [-0.1, -0.05) is 19.9 Å². The third-order valence-electron chi connectivity index (χ3n) is 2.34. The Morgan fingerprint density at radius 3 is 2.61 bits per heavy atom. The Bertz CT molecular complexity index is 329. The quantitative estimate of drug-likeness (QED) is 0.684. The first kappa shape index (κ1) is 14.8. The van der Waals surface area contributed by atoms with Crippen molar-refractivity contribution in [1.82, 2.24) is 5.32 Å². The molecule has 0 atom stereocenters. The van der Waals surface area contributed by atoms with Gasteiger partial charge in [0.15, 0.2) is 0 Å². The summed E-state index contributed by atoms with van der Waals surface area (Å²) in [6.07, 6.45) is 0. The Morgan fingerprint density at radius 2 is 1.89 bits per heavy atom. The first-order valence-electron chi connectivity index (χ1n) is 6.30. The molecule has 102 valence electrons. The van der Waals surface area contributed by atoms with Crippen molar-refractivity contribution in [3.05, 3.63) is 24.3 Å². The molecule has 0 heterocycles. The SMILES string of the molecule is COc1cccc(OCCOCCNC(C)C)c1. The highest BCUT2D eigenvalue weighted by Crippen LogP contribution is 2.18. The smallest absolute Gasteiger partial charge is 0.123 e. The molecule has 0 saturated carbocycles. The summed E-state index contributed by atoms with van der Waals surface area (Å²) in [6.45, 7) is 6.96. The molecule has 0 radical (unpaired) electrons. The van der Waals surface area contributed by atoms with Crippen LogP contribution in [0.3, 0.4) is 0 Å². The average molecular weight is 253 g/mol. The van der Waals surface area contributed by atoms with Gasteiger partial charge in [-0.25, -0.2) is 0 Å². The van der Waals surface area contributed by atoms with Crippen LogP contribution in [0.2, 0.25) is 0 Å². The van der Waals surface area contributed by atoms with E-state index in [1.807, 2.05) is 24.3 Å². The highest BCUT2D eigenvalue weighted by Gasteiger charge is 1.97. The van der Waals surface area contributed by atoms with Crippen LogP contribution in [-0.4, -0.2) is 39.5 Å². The van der Waals surface area contributed by atoms with Crippen molar-refractivity contribution < 1.29 is 14.2 Å². The number of hydrogen-bond donors (Lipinski definition) is 1. The lowest BCUT2D eigenvalue weighted by Gasteiger charge is -2.10. The summed E-state index contributed by atoms with van der Waals surface area (Å²) in [4.78, 5) is 0. The summed E-state index contributed by atoms with van der Waals surface area (Å²) in [6, 6.07) is 8.06. The summed E-state index contributed by atoms with van der Waals surface area (Å²) in [5.74, 6) is 1.60. The predicted molar refractivity (Wildman–Crippen MR) is 72.4 cm³/mol. The van der Waals surface area contributed by atoms with E-state index < -0.39 is 0 Å². The van der Waals surface area contributed by atoms with Gasteiger partial charge < -0.3 is 19.5 Å². The average Bonchev–Trinajstić information content (AvgIpc) is 2.37. The van der Waals surface area contributed by atoms with E-state index in [0.717, 1.165) is 18.0 Å². The molecule has 0 saturated heterocycles. The molecule has 0 bridgehead atoms. The normalized spacial score (nSPS) is 10.7. The van der Waals surface area contributed by atoms with Gasteiger partial charge in [0.1, 0.15) is 18.1 Å². The number of methoxy groups -OCH3 is 1. The third kappa shape index (κ3) is 6.47. The van der Waals surface area contributed by atoms with Gasteiger partial charge in [-0.2, -0.15) is 0 Å². The molecule has 0 unspecified atom stereocenters. The van der Waals surface area contributed by atoms with E-state index in [1.165, 1.54) is 0 Å². The van der Waals surface area contributed by atoms with Gasteiger partial charge in [-0.15, -0.1) is 0 Å². The third-order valence-corrected chi connectivity index (χ3v) is 2.34. The van der Waals surface area contributed by atoms with Crippen molar-refractivity contribution >= 4 is 0 Å². The van der Waals surface area contributed by atoms with Crippen LogP contribution in [-0.2, 0) is 4.74 Å². The largest absolute Gasteiger partial charge is 0.497 e. The molecule has 4 heteroatoms. The predicted octanol–water partition coefficient (Wildman–Crippen LogP) is 2.09. The molecule has 0 aliphatic carbocycles. The van der Waals surface area contributed by atoms with E-state index in [9.17, 15) is 0 Å². The molecule has 1 rings (SSSR count). The van der Waals surface area contributed by atoms with E-state index in [1.54, 1.807) is 7.11 Å². The lowest BCUT2D eigenvalue weighted by Crippen LogP contribution is -2.27. The maximum atomic E-state index is 5.55. The molecule has 1 aromatic rings. The fraction of sp³-hybridized carbons (Fsp3) is 0.571. The molecule has 0 aliphatic rings. The van der Waals surface area contributed by atoms with E-state index in [2.05, 4.69) is 19.2 Å². The molecule has 0 fully saturated rings. The second-order valence-corrected chi connectivity index (χ2v) is 4.25. The zero-order chi connectivity index (χ0) is 13.2. The minimum absolute atomic E-state index is 0.502. The van der Waals surface area contributed by atoms with Gasteiger partial charge in [0, 0.05) is 18.7 Å². The molecule has 1 aromatic carbocycles. The topological polar surface area (TPSA) is 39.7 Å². The Kier molecular flexibility index (Phi) is 7.22. The first-order valence-corrected chi connectivity index (χ1v) is 6.30. The van der Waals surface area contributed by atoms with Crippen molar-refractivity contribution in [2.75, 3.05) is 33.5 Å². The molecule has 0 aromatic heterocycles. The van der Waals surface area contributed by atoms with Gasteiger partial charge in [0.25, 0.3) is 0 Å². The van der Waals surface area contributed by atoms with Crippen LogP contribution in [0.15, 0.2) is 24.3 Å². The fourth-order valence-corrected chi connectivity index (χ4v) is 1.43. The highest BCUT2D eigenvalue weighted by atomic mass is 16.5. The maximum Gasteiger partial charge on any atom is 0.123 e. The number of benzene rings is 1. The summed E-state index contributed by atoms with van der Waals surface area (Å²) >= 11 is 0. The zero-order valence-electron chi connectivity index (χ0n) is 11.4. The van der Waals surface area contributed by atoms with Gasteiger partial charge >= 0.3 is 0 Å². The lowest BCUT2D eigenvalue weighted by atomic mass is 10.3. The Morgan fingerprint density at radius 1 is 1.11 bits per heavy atom. The van der Waals surface area contributed by atoms with Crippen LogP contribution in [0.25, 0.3) is 0 Å². The molecular formula is C14H23NO3. The van der Waals surface area contributed by atoms with Gasteiger partial charge in [-0.05, 0) is 12.1 Å². The highest BCUT2D eigenvalue weighted by molar-refractivity contribution is 5.32. The van der Waals surface area contributed by atoms with Crippen LogP contribution in [0.4, 0.5) is 0 Å². The number of ether oxygens (including phenoxy) is 3. The first-order chi connectivity index (χ1) is 8.72. The van der Waals surface area contributed by atoms with E-state index in [0.29, 0.717) is 25.9 Å².